The van der Waals surface area contributed by atoms with Crippen molar-refractivity contribution < 1.29 is 13.2 Å². The normalized spacial score (nSPS) is 17.5. The third-order valence-electron chi connectivity index (χ3n) is 4.25. The van der Waals surface area contributed by atoms with Gasteiger partial charge < -0.3 is 10.1 Å². The van der Waals surface area contributed by atoms with Gasteiger partial charge in [-0.25, -0.2) is 13.4 Å². The first-order valence-electron chi connectivity index (χ1n) is 8.37. The van der Waals surface area contributed by atoms with E-state index in [-0.39, 0.29) is 10.3 Å². The first-order valence-corrected chi connectivity index (χ1v) is 10.7. The Balaban J connectivity index is 1.64. The maximum atomic E-state index is 12.7. The SMILES string of the molecule is Cc1ccc(NS(=O)(=O)c2cc3c(OC4CCNC4)nccc3s2)cc1. The molecule has 1 aliphatic heterocycles. The van der Waals surface area contributed by atoms with Gasteiger partial charge in [-0.05, 0) is 44.2 Å². The molecule has 0 radical (unpaired) electrons. The van der Waals surface area contributed by atoms with Crippen LogP contribution in [-0.2, 0) is 10.0 Å². The number of thiophene rings is 1. The summed E-state index contributed by atoms with van der Waals surface area (Å²) >= 11 is 1.21. The van der Waals surface area contributed by atoms with Crippen molar-refractivity contribution in [3.63, 3.8) is 0 Å². The van der Waals surface area contributed by atoms with Crippen LogP contribution in [0.1, 0.15) is 12.0 Å². The summed E-state index contributed by atoms with van der Waals surface area (Å²) in [4.78, 5) is 4.30. The van der Waals surface area contributed by atoms with E-state index >= 15 is 0 Å². The summed E-state index contributed by atoms with van der Waals surface area (Å²) in [6, 6.07) is 10.7. The van der Waals surface area contributed by atoms with Crippen LogP contribution in [0.3, 0.4) is 0 Å². The molecule has 2 aromatic heterocycles. The fraction of sp³-hybridized carbons (Fsp3) is 0.278. The highest BCUT2D eigenvalue weighted by molar-refractivity contribution is 7.94. The lowest BCUT2D eigenvalue weighted by Crippen LogP contribution is -2.20. The number of fused-ring (bicyclic) bond motifs is 1. The van der Waals surface area contributed by atoms with Gasteiger partial charge in [0, 0.05) is 23.1 Å². The molecule has 1 saturated heterocycles. The Bertz CT molecular complexity index is 1020. The second-order valence-corrected chi connectivity index (χ2v) is 9.29. The highest BCUT2D eigenvalue weighted by atomic mass is 32.2. The largest absolute Gasteiger partial charge is 0.472 e. The molecule has 26 heavy (non-hydrogen) atoms. The lowest BCUT2D eigenvalue weighted by atomic mass is 10.2. The first kappa shape index (κ1) is 17.3. The molecule has 1 unspecified atom stereocenters. The Kier molecular flexibility index (Phi) is 4.56. The van der Waals surface area contributed by atoms with Crippen LogP contribution in [0.4, 0.5) is 5.69 Å². The Morgan fingerprint density at radius 3 is 2.81 bits per heavy atom. The summed E-state index contributed by atoms with van der Waals surface area (Å²) in [5, 5.41) is 3.98. The molecule has 8 heteroatoms. The number of aryl methyl sites for hydroxylation is 1. The number of hydrogen-bond acceptors (Lipinski definition) is 6. The summed E-state index contributed by atoms with van der Waals surface area (Å²) in [6.07, 6.45) is 2.64. The molecule has 0 amide bonds. The minimum atomic E-state index is -3.66. The number of nitrogens with zero attached hydrogens (tertiary/aromatic N) is 1. The highest BCUT2D eigenvalue weighted by Gasteiger charge is 2.22. The van der Waals surface area contributed by atoms with E-state index in [1.54, 1.807) is 24.4 Å². The molecule has 1 atom stereocenters. The van der Waals surface area contributed by atoms with E-state index in [9.17, 15) is 8.42 Å². The quantitative estimate of drug-likeness (QED) is 0.701. The minimum absolute atomic E-state index is 0.0683. The molecule has 6 nitrogen and oxygen atoms in total. The number of rotatable bonds is 5. The molecule has 1 aliphatic rings. The lowest BCUT2D eigenvalue weighted by molar-refractivity contribution is 0.217. The molecule has 136 valence electrons. The van der Waals surface area contributed by atoms with Crippen molar-refractivity contribution in [3.05, 3.63) is 48.2 Å². The summed E-state index contributed by atoms with van der Waals surface area (Å²) < 4.78 is 35.2. The maximum Gasteiger partial charge on any atom is 0.271 e. The van der Waals surface area contributed by atoms with Gasteiger partial charge in [0.2, 0.25) is 5.88 Å². The third-order valence-corrected chi connectivity index (χ3v) is 7.20. The van der Waals surface area contributed by atoms with Crippen LogP contribution < -0.4 is 14.8 Å². The van der Waals surface area contributed by atoms with Crippen molar-refractivity contribution >= 4 is 37.1 Å². The van der Waals surface area contributed by atoms with Crippen LogP contribution in [0.15, 0.2) is 46.8 Å². The number of ether oxygens (including phenoxy) is 1. The van der Waals surface area contributed by atoms with E-state index in [4.69, 9.17) is 4.74 Å². The summed E-state index contributed by atoms with van der Waals surface area (Å²) in [5.74, 6) is 0.490. The molecule has 1 fully saturated rings. The Morgan fingerprint density at radius 1 is 1.27 bits per heavy atom. The van der Waals surface area contributed by atoms with Crippen molar-refractivity contribution in [2.45, 2.75) is 23.7 Å². The Morgan fingerprint density at radius 2 is 2.08 bits per heavy atom. The first-order chi connectivity index (χ1) is 12.5. The van der Waals surface area contributed by atoms with Gasteiger partial charge in [0.25, 0.3) is 10.0 Å². The van der Waals surface area contributed by atoms with Gasteiger partial charge in [-0.15, -0.1) is 11.3 Å². The fourth-order valence-corrected chi connectivity index (χ4v) is 5.29. The van der Waals surface area contributed by atoms with E-state index in [1.807, 2.05) is 25.1 Å². The highest BCUT2D eigenvalue weighted by Crippen LogP contribution is 2.35. The smallest absolute Gasteiger partial charge is 0.271 e. The molecule has 0 bridgehead atoms. The standard InChI is InChI=1S/C18H19N3O3S2/c1-12-2-4-13(5-3-12)21-26(22,23)17-10-15-16(25-17)7-9-20-18(15)24-14-6-8-19-11-14/h2-5,7,9-10,14,19,21H,6,8,11H2,1H3. The van der Waals surface area contributed by atoms with Crippen LogP contribution >= 0.6 is 11.3 Å². The molecule has 0 saturated carbocycles. The second-order valence-electron chi connectivity index (χ2n) is 6.30. The van der Waals surface area contributed by atoms with Gasteiger partial charge in [-0.3, -0.25) is 4.72 Å². The molecule has 3 heterocycles. The zero-order valence-electron chi connectivity index (χ0n) is 14.2. The monoisotopic (exact) mass is 389 g/mol. The molecular weight excluding hydrogens is 370 g/mol. The topological polar surface area (TPSA) is 80.3 Å². The van der Waals surface area contributed by atoms with Crippen molar-refractivity contribution in [2.24, 2.45) is 0 Å². The van der Waals surface area contributed by atoms with Gasteiger partial charge in [-0.1, -0.05) is 17.7 Å². The number of nitrogens with one attached hydrogen (secondary N) is 2. The number of sulfonamides is 1. The fourth-order valence-electron chi connectivity index (χ4n) is 2.85. The van der Waals surface area contributed by atoms with Gasteiger partial charge in [-0.2, -0.15) is 0 Å². The second kappa shape index (κ2) is 6.86. The summed E-state index contributed by atoms with van der Waals surface area (Å²) in [6.45, 7) is 3.66. The van der Waals surface area contributed by atoms with Crippen LogP contribution in [0, 0.1) is 6.92 Å². The van der Waals surface area contributed by atoms with Crippen LogP contribution in [0.5, 0.6) is 5.88 Å². The average molecular weight is 390 g/mol. The molecule has 4 rings (SSSR count). The summed E-state index contributed by atoms with van der Waals surface area (Å²) in [7, 11) is -3.66. The van der Waals surface area contributed by atoms with E-state index in [0.29, 0.717) is 11.6 Å². The average Bonchev–Trinajstić information content (AvgIpc) is 3.27. The third kappa shape index (κ3) is 3.53. The van der Waals surface area contributed by atoms with Crippen LogP contribution in [0.2, 0.25) is 0 Å². The molecule has 2 N–H and O–H groups in total. The van der Waals surface area contributed by atoms with Crippen molar-refractivity contribution in [2.75, 3.05) is 17.8 Å². The van der Waals surface area contributed by atoms with Gasteiger partial charge in [0.05, 0.1) is 5.39 Å². The number of benzene rings is 1. The number of aromatic nitrogens is 1. The van der Waals surface area contributed by atoms with Crippen LogP contribution in [-0.4, -0.2) is 32.6 Å². The van der Waals surface area contributed by atoms with Crippen LogP contribution in [0.25, 0.3) is 10.1 Å². The Hall–Kier alpha value is -2.16. The lowest BCUT2D eigenvalue weighted by Gasteiger charge is -2.11. The number of anilines is 1. The predicted molar refractivity (Wildman–Crippen MR) is 104 cm³/mol. The molecule has 3 aromatic rings. The minimum Gasteiger partial charge on any atom is -0.472 e. The maximum absolute atomic E-state index is 12.7. The van der Waals surface area contributed by atoms with Crippen molar-refractivity contribution in [1.82, 2.24) is 10.3 Å². The molecule has 1 aromatic carbocycles. The van der Waals surface area contributed by atoms with Gasteiger partial charge >= 0.3 is 0 Å². The predicted octanol–water partition coefficient (Wildman–Crippen LogP) is 3.15. The van der Waals surface area contributed by atoms with E-state index in [0.717, 1.165) is 35.2 Å². The van der Waals surface area contributed by atoms with Crippen molar-refractivity contribution in [3.8, 4) is 5.88 Å². The zero-order valence-corrected chi connectivity index (χ0v) is 15.9. The number of pyridine rings is 1. The molecule has 0 aliphatic carbocycles. The van der Waals surface area contributed by atoms with E-state index in [2.05, 4.69) is 15.0 Å². The number of hydrogen-bond donors (Lipinski definition) is 2. The van der Waals surface area contributed by atoms with Gasteiger partial charge in [0.15, 0.2) is 0 Å². The molecule has 0 spiro atoms. The Labute approximate surface area is 156 Å². The van der Waals surface area contributed by atoms with Crippen molar-refractivity contribution in [1.29, 1.82) is 0 Å². The van der Waals surface area contributed by atoms with Gasteiger partial charge in [0.1, 0.15) is 10.3 Å². The van der Waals surface area contributed by atoms with E-state index < -0.39 is 10.0 Å². The zero-order chi connectivity index (χ0) is 18.1. The molecular formula is C18H19N3O3S2. The summed E-state index contributed by atoms with van der Waals surface area (Å²) in [5.41, 5.74) is 1.61. The van der Waals surface area contributed by atoms with E-state index in [1.165, 1.54) is 11.3 Å².